The highest BCUT2D eigenvalue weighted by Gasteiger charge is 2.20. The van der Waals surface area contributed by atoms with Gasteiger partial charge >= 0.3 is 0 Å². The first-order valence-corrected chi connectivity index (χ1v) is 10.6. The molecule has 0 aliphatic rings. The van der Waals surface area contributed by atoms with Crippen LogP contribution >= 0.6 is 0 Å². The van der Waals surface area contributed by atoms with Gasteiger partial charge in [0.05, 0.1) is 11.0 Å². The first-order chi connectivity index (χ1) is 13.8. The number of nitrogens with one attached hydrogen (secondary N) is 1. The minimum atomic E-state index is -0.352. The third-order valence-corrected chi connectivity index (χ3v) is 5.26. The minimum absolute atomic E-state index is 0.0937. The van der Waals surface area contributed by atoms with Crippen molar-refractivity contribution in [1.82, 2.24) is 14.9 Å². The normalized spacial score (nSPS) is 11.9. The maximum Gasteiger partial charge on any atom is 0.225 e. The maximum absolute atomic E-state index is 12.1. The van der Waals surface area contributed by atoms with E-state index >= 15 is 0 Å². The predicted molar refractivity (Wildman–Crippen MR) is 120 cm³/mol. The van der Waals surface area contributed by atoms with E-state index in [9.17, 15) is 4.79 Å². The summed E-state index contributed by atoms with van der Waals surface area (Å²) in [5, 5.41) is 3.04. The number of rotatable bonds is 7. The largest absolute Gasteiger partial charge is 0.356 e. The highest BCUT2D eigenvalue weighted by Crippen LogP contribution is 2.21. The molecular formula is C25H33N3O. The third kappa shape index (κ3) is 5.26. The summed E-state index contributed by atoms with van der Waals surface area (Å²) in [7, 11) is 0. The highest BCUT2D eigenvalue weighted by atomic mass is 16.2. The number of para-hydroxylation sites is 2. The van der Waals surface area contributed by atoms with Gasteiger partial charge < -0.3 is 9.88 Å². The molecule has 0 radical (unpaired) electrons. The molecule has 4 nitrogen and oxygen atoms in total. The van der Waals surface area contributed by atoms with Gasteiger partial charge in [0.1, 0.15) is 5.82 Å². The number of aromatic nitrogens is 2. The summed E-state index contributed by atoms with van der Waals surface area (Å²) >= 11 is 0. The number of imidazole rings is 1. The van der Waals surface area contributed by atoms with Crippen LogP contribution in [0.2, 0.25) is 0 Å². The average Bonchev–Trinajstić information content (AvgIpc) is 3.02. The molecule has 1 aromatic heterocycles. The number of nitrogens with zero attached hydrogens (tertiary/aromatic N) is 2. The summed E-state index contributed by atoms with van der Waals surface area (Å²) in [6.45, 7) is 11.7. The maximum atomic E-state index is 12.1. The van der Waals surface area contributed by atoms with Gasteiger partial charge in [0.2, 0.25) is 5.91 Å². The first-order valence-electron chi connectivity index (χ1n) is 10.6. The predicted octanol–water partition coefficient (Wildman–Crippen LogP) is 5.30. The quantitative estimate of drug-likeness (QED) is 0.555. The minimum Gasteiger partial charge on any atom is -0.356 e. The zero-order valence-electron chi connectivity index (χ0n) is 18.3. The Morgan fingerprint density at radius 3 is 2.41 bits per heavy atom. The molecule has 0 aliphatic carbocycles. The molecule has 0 fully saturated rings. The zero-order chi connectivity index (χ0) is 21.0. The second-order valence-electron chi connectivity index (χ2n) is 9.11. The van der Waals surface area contributed by atoms with Crippen LogP contribution in [0.25, 0.3) is 11.0 Å². The molecule has 0 unspecified atom stereocenters. The SMILES string of the molecule is CC(C)c1ccc(Cn2c(CCCNC(=O)C(C)(C)C)nc3ccccc32)cc1. The molecule has 1 N–H and O–H groups in total. The molecule has 3 rings (SSSR count). The van der Waals surface area contributed by atoms with Crippen LogP contribution in [0.5, 0.6) is 0 Å². The Labute approximate surface area is 174 Å². The summed E-state index contributed by atoms with van der Waals surface area (Å²) in [6, 6.07) is 17.2. The van der Waals surface area contributed by atoms with E-state index in [1.54, 1.807) is 0 Å². The van der Waals surface area contributed by atoms with Crippen molar-refractivity contribution >= 4 is 16.9 Å². The Balaban J connectivity index is 1.75. The van der Waals surface area contributed by atoms with E-state index in [4.69, 9.17) is 4.98 Å². The van der Waals surface area contributed by atoms with Crippen molar-refractivity contribution in [1.29, 1.82) is 0 Å². The van der Waals surface area contributed by atoms with Crippen LogP contribution in [0.15, 0.2) is 48.5 Å². The van der Waals surface area contributed by atoms with Gasteiger partial charge in [0, 0.05) is 24.9 Å². The molecule has 0 spiro atoms. The molecule has 0 bridgehead atoms. The summed E-state index contributed by atoms with van der Waals surface area (Å²) in [4.78, 5) is 16.9. The molecule has 0 aliphatic heterocycles. The lowest BCUT2D eigenvalue weighted by atomic mass is 9.96. The summed E-state index contributed by atoms with van der Waals surface area (Å²) in [5.74, 6) is 1.71. The number of carbonyl (C=O) groups is 1. The second kappa shape index (κ2) is 8.81. The van der Waals surface area contributed by atoms with Gasteiger partial charge in [-0.1, -0.05) is 71.0 Å². The molecule has 4 heteroatoms. The van der Waals surface area contributed by atoms with Crippen LogP contribution in [-0.2, 0) is 17.8 Å². The van der Waals surface area contributed by atoms with E-state index in [-0.39, 0.29) is 11.3 Å². The van der Waals surface area contributed by atoms with Gasteiger partial charge in [0.25, 0.3) is 0 Å². The number of benzene rings is 2. The molecule has 0 atom stereocenters. The van der Waals surface area contributed by atoms with E-state index in [1.807, 2.05) is 26.8 Å². The van der Waals surface area contributed by atoms with Gasteiger partial charge in [0.15, 0.2) is 0 Å². The molecule has 3 aromatic rings. The van der Waals surface area contributed by atoms with E-state index < -0.39 is 0 Å². The molecule has 2 aromatic carbocycles. The fourth-order valence-electron chi connectivity index (χ4n) is 3.40. The lowest BCUT2D eigenvalue weighted by Gasteiger charge is -2.17. The van der Waals surface area contributed by atoms with Crippen molar-refractivity contribution in [2.24, 2.45) is 5.41 Å². The van der Waals surface area contributed by atoms with Gasteiger partial charge in [-0.15, -0.1) is 0 Å². The number of hydrogen-bond acceptors (Lipinski definition) is 2. The standard InChI is InChI=1S/C25H33N3O/c1-18(2)20-14-12-19(13-15-20)17-28-22-10-7-6-9-21(22)27-23(28)11-8-16-26-24(29)25(3,4)5/h6-7,9-10,12-15,18H,8,11,16-17H2,1-5H3,(H,26,29). The fourth-order valence-corrected chi connectivity index (χ4v) is 3.40. The molecule has 29 heavy (non-hydrogen) atoms. The number of hydrogen-bond donors (Lipinski definition) is 1. The monoisotopic (exact) mass is 391 g/mol. The Hall–Kier alpha value is -2.62. The van der Waals surface area contributed by atoms with Gasteiger partial charge in [-0.25, -0.2) is 4.98 Å². The van der Waals surface area contributed by atoms with E-state index in [2.05, 4.69) is 66.2 Å². The number of aryl methyl sites for hydroxylation is 1. The average molecular weight is 392 g/mol. The Morgan fingerprint density at radius 1 is 1.07 bits per heavy atom. The Kier molecular flexibility index (Phi) is 6.41. The van der Waals surface area contributed by atoms with E-state index in [1.165, 1.54) is 11.1 Å². The fraction of sp³-hybridized carbons (Fsp3) is 0.440. The van der Waals surface area contributed by atoms with Gasteiger partial charge in [-0.2, -0.15) is 0 Å². The van der Waals surface area contributed by atoms with Crippen molar-refractivity contribution in [2.75, 3.05) is 6.54 Å². The van der Waals surface area contributed by atoms with Crippen LogP contribution in [0.4, 0.5) is 0 Å². The Morgan fingerprint density at radius 2 is 1.76 bits per heavy atom. The topological polar surface area (TPSA) is 46.9 Å². The molecule has 154 valence electrons. The summed E-state index contributed by atoms with van der Waals surface area (Å²) < 4.78 is 2.31. The van der Waals surface area contributed by atoms with Gasteiger partial charge in [-0.05, 0) is 35.6 Å². The van der Waals surface area contributed by atoms with E-state index in [0.29, 0.717) is 12.5 Å². The third-order valence-electron chi connectivity index (χ3n) is 5.26. The molecular weight excluding hydrogens is 358 g/mol. The van der Waals surface area contributed by atoms with Gasteiger partial charge in [-0.3, -0.25) is 4.79 Å². The van der Waals surface area contributed by atoms with Crippen molar-refractivity contribution in [3.63, 3.8) is 0 Å². The molecule has 0 saturated heterocycles. The van der Waals surface area contributed by atoms with Crippen LogP contribution in [0.1, 0.15) is 63.9 Å². The van der Waals surface area contributed by atoms with Crippen molar-refractivity contribution in [3.05, 3.63) is 65.5 Å². The zero-order valence-corrected chi connectivity index (χ0v) is 18.3. The lowest BCUT2D eigenvalue weighted by molar-refractivity contribution is -0.128. The van der Waals surface area contributed by atoms with Crippen LogP contribution in [-0.4, -0.2) is 22.0 Å². The molecule has 1 amide bonds. The number of fused-ring (bicyclic) bond motifs is 1. The molecule has 1 heterocycles. The Bertz CT molecular complexity index is 962. The van der Waals surface area contributed by atoms with Crippen molar-refractivity contribution in [2.45, 2.75) is 59.9 Å². The highest BCUT2D eigenvalue weighted by molar-refractivity contribution is 5.81. The molecule has 0 saturated carbocycles. The smallest absolute Gasteiger partial charge is 0.225 e. The van der Waals surface area contributed by atoms with Crippen LogP contribution in [0, 0.1) is 5.41 Å². The lowest BCUT2D eigenvalue weighted by Crippen LogP contribution is -2.35. The summed E-state index contributed by atoms with van der Waals surface area (Å²) in [6.07, 6.45) is 1.71. The summed E-state index contributed by atoms with van der Waals surface area (Å²) in [5.41, 5.74) is 4.48. The van der Waals surface area contributed by atoms with Crippen LogP contribution in [0.3, 0.4) is 0 Å². The van der Waals surface area contributed by atoms with E-state index in [0.717, 1.165) is 36.2 Å². The first kappa shape index (κ1) is 21.1. The van der Waals surface area contributed by atoms with Crippen LogP contribution < -0.4 is 5.32 Å². The van der Waals surface area contributed by atoms with Crippen molar-refractivity contribution in [3.8, 4) is 0 Å². The number of amides is 1. The second-order valence-corrected chi connectivity index (χ2v) is 9.11. The number of carbonyl (C=O) groups excluding carboxylic acids is 1. The van der Waals surface area contributed by atoms with Crippen molar-refractivity contribution < 1.29 is 4.79 Å².